The largest absolute Gasteiger partial charge is 0.481 e. The minimum atomic E-state index is -1.91. The summed E-state index contributed by atoms with van der Waals surface area (Å²) in [6, 6.07) is 0. The van der Waals surface area contributed by atoms with Crippen molar-refractivity contribution in [2.75, 3.05) is 0 Å². The van der Waals surface area contributed by atoms with Gasteiger partial charge in [0.25, 0.3) is 0 Å². The highest BCUT2D eigenvalue weighted by Crippen LogP contribution is 2.72. The molecule has 31 heavy (non-hydrogen) atoms. The number of carbonyl (C=O) groups is 2. The van der Waals surface area contributed by atoms with Gasteiger partial charge in [0.2, 0.25) is 5.78 Å². The highest BCUT2D eigenvalue weighted by molar-refractivity contribution is 6.44. The second kappa shape index (κ2) is 6.32. The molecule has 0 aromatic rings. The molecule has 4 nitrogen and oxygen atoms in total. The summed E-state index contributed by atoms with van der Waals surface area (Å²) in [4.78, 5) is 25.5. The standard InChI is InChI=1S/C25H30ClFO4/c1-5-18-20(26)21(30)25(31-18)13(2)10-17-16-7-6-14-11-15(28)8-9-22(14,3)24(16,27)19(29)12-23(17,25)4/h8-9,11,13,16-17,19,29H,5-7,10,12H2,1-4H3/t13-,16-,17-,19-,22-,23-,24?,25-/m0/s1. The summed E-state index contributed by atoms with van der Waals surface area (Å²) in [5.41, 5.74) is -4.07. The summed E-state index contributed by atoms with van der Waals surface area (Å²) in [5.74, 6) is -0.561. The van der Waals surface area contributed by atoms with Gasteiger partial charge in [0.05, 0.1) is 6.10 Å². The molecule has 8 atom stereocenters. The van der Waals surface area contributed by atoms with Crippen LogP contribution in [0, 0.1) is 28.6 Å². The molecule has 168 valence electrons. The molecule has 1 N–H and O–H groups in total. The van der Waals surface area contributed by atoms with Gasteiger partial charge in [0.1, 0.15) is 10.8 Å². The third-order valence-electron chi connectivity index (χ3n) is 9.57. The normalized spacial score (nSPS) is 50.9. The Morgan fingerprint density at radius 2 is 2.00 bits per heavy atom. The summed E-state index contributed by atoms with van der Waals surface area (Å²) >= 11 is 6.40. The molecule has 3 fully saturated rings. The van der Waals surface area contributed by atoms with Crippen LogP contribution in [0.25, 0.3) is 0 Å². The van der Waals surface area contributed by atoms with Gasteiger partial charge >= 0.3 is 0 Å². The van der Waals surface area contributed by atoms with Crippen molar-refractivity contribution in [3.8, 4) is 0 Å². The Morgan fingerprint density at radius 1 is 1.29 bits per heavy atom. The van der Waals surface area contributed by atoms with E-state index in [1.54, 1.807) is 13.0 Å². The van der Waals surface area contributed by atoms with E-state index in [4.69, 9.17) is 16.3 Å². The van der Waals surface area contributed by atoms with Gasteiger partial charge in [-0.2, -0.15) is 0 Å². The van der Waals surface area contributed by atoms with E-state index >= 15 is 4.39 Å². The van der Waals surface area contributed by atoms with Crippen molar-refractivity contribution in [1.82, 2.24) is 0 Å². The number of alkyl halides is 1. The molecule has 1 spiro atoms. The van der Waals surface area contributed by atoms with Crippen LogP contribution in [0.1, 0.15) is 59.8 Å². The van der Waals surface area contributed by atoms with Gasteiger partial charge in [-0.3, -0.25) is 9.59 Å². The Hall–Kier alpha value is -1.46. The number of carbonyl (C=O) groups excluding carboxylic acids is 2. The Labute approximate surface area is 187 Å². The number of hydrogen-bond acceptors (Lipinski definition) is 4. The second-order valence-electron chi connectivity index (χ2n) is 10.7. The summed E-state index contributed by atoms with van der Waals surface area (Å²) in [6.45, 7) is 7.68. The molecule has 0 amide bonds. The average Bonchev–Trinajstić information content (AvgIpc) is 3.11. The Bertz CT molecular complexity index is 984. The minimum absolute atomic E-state index is 0.118. The Kier molecular flexibility index (Phi) is 4.36. The molecule has 0 radical (unpaired) electrons. The highest BCUT2D eigenvalue weighted by Gasteiger charge is 2.78. The highest BCUT2D eigenvalue weighted by atomic mass is 35.5. The Balaban J connectivity index is 1.62. The molecule has 0 aromatic heterocycles. The number of ether oxygens (including phenoxy) is 1. The van der Waals surface area contributed by atoms with Crippen LogP contribution >= 0.6 is 11.6 Å². The van der Waals surface area contributed by atoms with Crippen LogP contribution < -0.4 is 0 Å². The number of fused-ring (bicyclic) bond motifs is 6. The van der Waals surface area contributed by atoms with Crippen molar-refractivity contribution in [2.45, 2.75) is 77.2 Å². The van der Waals surface area contributed by atoms with E-state index < -0.39 is 34.1 Å². The lowest BCUT2D eigenvalue weighted by Crippen LogP contribution is -2.69. The molecule has 6 heteroatoms. The third-order valence-corrected chi connectivity index (χ3v) is 9.95. The lowest BCUT2D eigenvalue weighted by atomic mass is 9.44. The number of aliphatic hydroxyl groups is 1. The number of ketones is 2. The van der Waals surface area contributed by atoms with Gasteiger partial charge in [0.15, 0.2) is 17.1 Å². The van der Waals surface area contributed by atoms with Crippen molar-refractivity contribution in [3.63, 3.8) is 0 Å². The van der Waals surface area contributed by atoms with Gasteiger partial charge in [-0.1, -0.05) is 44.0 Å². The van der Waals surface area contributed by atoms with Gasteiger partial charge in [-0.15, -0.1) is 0 Å². The first kappa shape index (κ1) is 21.4. The molecule has 1 heterocycles. The summed E-state index contributed by atoms with van der Waals surface area (Å²) in [6.07, 6.45) is 5.76. The molecule has 0 saturated heterocycles. The van der Waals surface area contributed by atoms with Crippen LogP contribution in [0.3, 0.4) is 0 Å². The molecule has 4 aliphatic carbocycles. The number of allylic oxidation sites excluding steroid dienone is 5. The number of halogens is 2. The van der Waals surface area contributed by atoms with Gasteiger partial charge in [-0.05, 0) is 50.7 Å². The number of Topliss-reactive ketones (excluding diaryl/α,β-unsaturated/α-hetero) is 1. The average molecular weight is 449 g/mol. The smallest absolute Gasteiger partial charge is 0.221 e. The molecule has 3 saturated carbocycles. The fraction of sp³-hybridized carbons (Fsp3) is 0.680. The maximum atomic E-state index is 17.2. The third kappa shape index (κ3) is 2.20. The lowest BCUT2D eigenvalue weighted by molar-refractivity contribution is -0.218. The molecule has 5 aliphatic rings. The number of aliphatic hydroxyl groups excluding tert-OH is 1. The number of hydrogen-bond donors (Lipinski definition) is 1. The molecular weight excluding hydrogens is 419 g/mol. The van der Waals surface area contributed by atoms with E-state index in [2.05, 4.69) is 0 Å². The predicted octanol–water partition coefficient (Wildman–Crippen LogP) is 4.80. The summed E-state index contributed by atoms with van der Waals surface area (Å²) < 4.78 is 23.5. The topological polar surface area (TPSA) is 63.6 Å². The quantitative estimate of drug-likeness (QED) is 0.625. The van der Waals surface area contributed by atoms with Crippen LogP contribution in [0.5, 0.6) is 0 Å². The van der Waals surface area contributed by atoms with E-state index in [1.165, 1.54) is 12.2 Å². The molecule has 1 unspecified atom stereocenters. The van der Waals surface area contributed by atoms with Crippen molar-refractivity contribution in [1.29, 1.82) is 0 Å². The molecular formula is C25H30ClFO4. The zero-order chi connectivity index (χ0) is 22.6. The van der Waals surface area contributed by atoms with Crippen LogP contribution in [0.15, 0.2) is 34.6 Å². The number of rotatable bonds is 1. The lowest BCUT2D eigenvalue weighted by Gasteiger charge is -2.62. The fourth-order valence-corrected chi connectivity index (χ4v) is 8.35. The van der Waals surface area contributed by atoms with E-state index in [0.717, 1.165) is 5.57 Å². The first-order chi connectivity index (χ1) is 14.5. The molecule has 0 aromatic carbocycles. The van der Waals surface area contributed by atoms with Crippen molar-refractivity contribution < 1.29 is 23.8 Å². The van der Waals surface area contributed by atoms with Crippen LogP contribution in [0.2, 0.25) is 0 Å². The maximum Gasteiger partial charge on any atom is 0.221 e. The van der Waals surface area contributed by atoms with E-state index in [1.807, 2.05) is 20.8 Å². The van der Waals surface area contributed by atoms with Crippen molar-refractivity contribution in [3.05, 3.63) is 34.6 Å². The molecule has 1 aliphatic heterocycles. The van der Waals surface area contributed by atoms with Gasteiger partial charge in [0, 0.05) is 29.1 Å². The van der Waals surface area contributed by atoms with Crippen LogP contribution in [-0.4, -0.2) is 34.0 Å². The summed E-state index contributed by atoms with van der Waals surface area (Å²) in [5, 5.41) is 11.6. The minimum Gasteiger partial charge on any atom is -0.481 e. The maximum absolute atomic E-state index is 17.2. The fourth-order valence-electron chi connectivity index (χ4n) is 8.03. The first-order valence-electron chi connectivity index (χ1n) is 11.4. The van der Waals surface area contributed by atoms with Crippen molar-refractivity contribution >= 4 is 23.2 Å². The monoisotopic (exact) mass is 448 g/mol. The first-order valence-corrected chi connectivity index (χ1v) is 11.8. The zero-order valence-electron chi connectivity index (χ0n) is 18.5. The SMILES string of the molecule is CCC1=C(Cl)C(=O)[C@@]2(O1)[C@@H](C)C[C@H]1[C@@H]3CCC4=CC(=O)C=C[C@]4(C)C3(F)[C@@H](O)C[C@@]12C. The molecule has 0 bridgehead atoms. The van der Waals surface area contributed by atoms with Gasteiger partial charge < -0.3 is 9.84 Å². The van der Waals surface area contributed by atoms with Crippen LogP contribution in [-0.2, 0) is 14.3 Å². The van der Waals surface area contributed by atoms with Crippen molar-refractivity contribution in [2.24, 2.45) is 28.6 Å². The second-order valence-corrected chi connectivity index (χ2v) is 11.0. The van der Waals surface area contributed by atoms with E-state index in [0.29, 0.717) is 31.4 Å². The van der Waals surface area contributed by atoms with Crippen LogP contribution in [0.4, 0.5) is 4.39 Å². The predicted molar refractivity (Wildman–Crippen MR) is 115 cm³/mol. The summed E-state index contributed by atoms with van der Waals surface area (Å²) in [7, 11) is 0. The zero-order valence-corrected chi connectivity index (χ0v) is 19.3. The van der Waals surface area contributed by atoms with E-state index in [-0.39, 0.29) is 34.9 Å². The Morgan fingerprint density at radius 3 is 2.65 bits per heavy atom. The van der Waals surface area contributed by atoms with E-state index in [9.17, 15) is 14.7 Å². The molecule has 5 rings (SSSR count). The van der Waals surface area contributed by atoms with Gasteiger partial charge in [-0.25, -0.2) is 4.39 Å².